The average molecular weight is 447 g/mol. The number of pyridine rings is 1. The molecule has 9 heteroatoms. The number of halogens is 2. The van der Waals surface area contributed by atoms with Gasteiger partial charge in [-0.2, -0.15) is 0 Å². The monoisotopic (exact) mass is 446 g/mol. The number of nitrogens with zero attached hydrogens (tertiary/aromatic N) is 1. The Balaban J connectivity index is 1.33. The number of amides is 2. The van der Waals surface area contributed by atoms with E-state index in [-0.39, 0.29) is 6.10 Å². The molecule has 4 rings (SSSR count). The van der Waals surface area contributed by atoms with Crippen LogP contribution >= 0.6 is 23.2 Å². The molecule has 2 amide bonds. The molecule has 1 aliphatic carbocycles. The summed E-state index contributed by atoms with van der Waals surface area (Å²) in [6.45, 7) is 0. The maximum Gasteiger partial charge on any atom is 0.313 e. The number of carbonyl (C=O) groups excluding carboxylic acids is 2. The molecule has 0 spiro atoms. The third-order valence-electron chi connectivity index (χ3n) is 5.09. The number of rotatable bonds is 4. The molecule has 7 nitrogen and oxygen atoms in total. The smallest absolute Gasteiger partial charge is 0.313 e. The molecule has 2 heterocycles. The van der Waals surface area contributed by atoms with Gasteiger partial charge in [0.15, 0.2) is 0 Å². The number of hydrogen-bond acceptors (Lipinski definition) is 4. The van der Waals surface area contributed by atoms with E-state index < -0.39 is 16.8 Å². The van der Waals surface area contributed by atoms with Gasteiger partial charge in [0.2, 0.25) is 5.88 Å². The molecule has 3 N–H and O–H groups in total. The van der Waals surface area contributed by atoms with E-state index in [0.29, 0.717) is 42.3 Å². The Morgan fingerprint density at radius 2 is 1.97 bits per heavy atom. The summed E-state index contributed by atoms with van der Waals surface area (Å²) in [6, 6.07) is 10.7. The molecule has 0 aliphatic heterocycles. The van der Waals surface area contributed by atoms with Gasteiger partial charge in [0.25, 0.3) is 0 Å². The van der Waals surface area contributed by atoms with Crippen molar-refractivity contribution in [2.75, 3.05) is 5.32 Å². The fraction of sp³-hybridized carbons (Fsp3) is 0.286. The van der Waals surface area contributed by atoms with Crippen molar-refractivity contribution in [2.24, 2.45) is 0 Å². The second kappa shape index (κ2) is 8.53. The second-order valence-electron chi connectivity index (χ2n) is 7.25. The third kappa shape index (κ3) is 4.68. The van der Waals surface area contributed by atoms with Crippen LogP contribution in [0.25, 0.3) is 10.9 Å². The summed E-state index contributed by atoms with van der Waals surface area (Å²) in [5, 5.41) is 6.52. The van der Waals surface area contributed by atoms with E-state index in [2.05, 4.69) is 20.6 Å². The molecule has 156 valence electrons. The molecule has 0 bridgehead atoms. The predicted molar refractivity (Wildman–Crippen MR) is 116 cm³/mol. The lowest BCUT2D eigenvalue weighted by Gasteiger charge is -2.35. The normalized spacial score (nSPS) is 21.2. The molecule has 0 saturated heterocycles. The Hall–Kier alpha value is -2.77. The first kappa shape index (κ1) is 20.5. The van der Waals surface area contributed by atoms with Gasteiger partial charge in [0.1, 0.15) is 11.1 Å². The van der Waals surface area contributed by atoms with Crippen molar-refractivity contribution in [1.29, 1.82) is 0 Å². The SMILES string of the molecule is O=C(Nc1c[nH]c2ccc(Cl)cc12)C(=O)NC1(Cl)CCC(Oc2ccccn2)CC1. The van der Waals surface area contributed by atoms with E-state index in [0.717, 1.165) is 10.9 Å². The Labute approximate surface area is 183 Å². The first-order valence-electron chi connectivity index (χ1n) is 9.59. The number of carbonyl (C=O) groups is 2. The van der Waals surface area contributed by atoms with E-state index in [1.54, 1.807) is 36.7 Å². The van der Waals surface area contributed by atoms with Gasteiger partial charge in [0.05, 0.1) is 5.69 Å². The number of benzene rings is 1. The summed E-state index contributed by atoms with van der Waals surface area (Å²) < 4.78 is 5.85. The minimum Gasteiger partial charge on any atom is -0.474 e. The average Bonchev–Trinajstić information content (AvgIpc) is 3.12. The second-order valence-corrected chi connectivity index (χ2v) is 8.41. The van der Waals surface area contributed by atoms with Crippen molar-refractivity contribution in [3.05, 3.63) is 53.8 Å². The molecule has 30 heavy (non-hydrogen) atoms. The Morgan fingerprint density at radius 1 is 1.17 bits per heavy atom. The van der Waals surface area contributed by atoms with Gasteiger partial charge in [0, 0.05) is 34.4 Å². The predicted octanol–water partition coefficient (Wildman–Crippen LogP) is 4.23. The van der Waals surface area contributed by atoms with Gasteiger partial charge in [-0.1, -0.05) is 29.3 Å². The zero-order chi connectivity index (χ0) is 21.1. The summed E-state index contributed by atoms with van der Waals surface area (Å²) >= 11 is 12.6. The third-order valence-corrected chi connectivity index (χ3v) is 5.79. The molecule has 0 atom stereocenters. The van der Waals surface area contributed by atoms with Crippen molar-refractivity contribution in [1.82, 2.24) is 15.3 Å². The van der Waals surface area contributed by atoms with Gasteiger partial charge < -0.3 is 20.4 Å². The number of H-pyrrole nitrogens is 1. The minimum atomic E-state index is -0.984. The fourth-order valence-corrected chi connectivity index (χ4v) is 3.99. The van der Waals surface area contributed by atoms with Crippen LogP contribution in [0.15, 0.2) is 48.8 Å². The lowest BCUT2D eigenvalue weighted by molar-refractivity contribution is -0.137. The molecule has 1 aromatic carbocycles. The molecule has 0 unspecified atom stereocenters. The first-order valence-corrected chi connectivity index (χ1v) is 10.3. The van der Waals surface area contributed by atoms with Gasteiger partial charge in [-0.3, -0.25) is 9.59 Å². The molecule has 0 radical (unpaired) electrons. The molecule has 1 saturated carbocycles. The summed E-state index contributed by atoms with van der Waals surface area (Å²) in [6.07, 6.45) is 5.49. The summed E-state index contributed by atoms with van der Waals surface area (Å²) in [7, 11) is 0. The van der Waals surface area contributed by atoms with Gasteiger partial charge in [-0.25, -0.2) is 4.98 Å². The highest BCUT2D eigenvalue weighted by atomic mass is 35.5. The van der Waals surface area contributed by atoms with Crippen molar-refractivity contribution >= 4 is 51.6 Å². The minimum absolute atomic E-state index is 0.0338. The highest BCUT2D eigenvalue weighted by Gasteiger charge is 2.37. The highest BCUT2D eigenvalue weighted by molar-refractivity contribution is 6.41. The van der Waals surface area contributed by atoms with Crippen LogP contribution in [0.5, 0.6) is 5.88 Å². The van der Waals surface area contributed by atoms with Crippen LogP contribution < -0.4 is 15.4 Å². The number of fused-ring (bicyclic) bond motifs is 1. The maximum atomic E-state index is 12.4. The molecular weight excluding hydrogens is 427 g/mol. The fourth-order valence-electron chi connectivity index (χ4n) is 3.51. The number of aromatic amines is 1. The largest absolute Gasteiger partial charge is 0.474 e. The van der Waals surface area contributed by atoms with Gasteiger partial charge in [-0.15, -0.1) is 0 Å². The van der Waals surface area contributed by atoms with E-state index in [9.17, 15) is 9.59 Å². The number of nitrogens with one attached hydrogen (secondary N) is 3. The number of aromatic nitrogens is 2. The van der Waals surface area contributed by atoms with Crippen LogP contribution in [0, 0.1) is 0 Å². The Morgan fingerprint density at radius 3 is 2.70 bits per heavy atom. The molecule has 3 aromatic rings. The summed E-state index contributed by atoms with van der Waals surface area (Å²) in [4.78, 5) is 31.0. The summed E-state index contributed by atoms with van der Waals surface area (Å²) in [5.74, 6) is -1.01. The van der Waals surface area contributed by atoms with Crippen LogP contribution in [-0.2, 0) is 9.59 Å². The lowest BCUT2D eigenvalue weighted by Crippen LogP contribution is -2.51. The molecule has 1 fully saturated rings. The van der Waals surface area contributed by atoms with Crippen LogP contribution in [0.4, 0.5) is 5.69 Å². The van der Waals surface area contributed by atoms with E-state index in [1.807, 2.05) is 12.1 Å². The highest BCUT2D eigenvalue weighted by Crippen LogP contribution is 2.33. The van der Waals surface area contributed by atoms with Gasteiger partial charge >= 0.3 is 11.8 Å². The van der Waals surface area contributed by atoms with Crippen molar-refractivity contribution in [3.63, 3.8) is 0 Å². The van der Waals surface area contributed by atoms with E-state index in [4.69, 9.17) is 27.9 Å². The van der Waals surface area contributed by atoms with Crippen LogP contribution in [0.3, 0.4) is 0 Å². The summed E-state index contributed by atoms with van der Waals surface area (Å²) in [5.41, 5.74) is 1.28. The van der Waals surface area contributed by atoms with E-state index in [1.165, 1.54) is 0 Å². The number of alkyl halides is 1. The van der Waals surface area contributed by atoms with Gasteiger partial charge in [-0.05, 0) is 49.9 Å². The maximum absolute atomic E-state index is 12.4. The van der Waals surface area contributed by atoms with Crippen LogP contribution in [0.1, 0.15) is 25.7 Å². The lowest BCUT2D eigenvalue weighted by atomic mass is 9.92. The Bertz CT molecular complexity index is 1060. The molecule has 1 aliphatic rings. The number of hydrogen-bond donors (Lipinski definition) is 3. The van der Waals surface area contributed by atoms with Crippen molar-refractivity contribution in [2.45, 2.75) is 36.8 Å². The van der Waals surface area contributed by atoms with Crippen LogP contribution in [0.2, 0.25) is 5.02 Å². The first-order chi connectivity index (χ1) is 14.4. The van der Waals surface area contributed by atoms with Crippen LogP contribution in [-0.4, -0.2) is 32.9 Å². The number of ether oxygens (including phenoxy) is 1. The Kier molecular flexibility index (Phi) is 5.83. The van der Waals surface area contributed by atoms with E-state index >= 15 is 0 Å². The quantitative estimate of drug-likeness (QED) is 0.317. The zero-order valence-electron chi connectivity index (χ0n) is 16.0. The van der Waals surface area contributed by atoms with Crippen molar-refractivity contribution < 1.29 is 14.3 Å². The van der Waals surface area contributed by atoms with Crippen molar-refractivity contribution in [3.8, 4) is 5.88 Å². The number of anilines is 1. The molecule has 2 aromatic heterocycles. The topological polar surface area (TPSA) is 96.1 Å². The molecular formula is C21H20Cl2N4O3. The zero-order valence-corrected chi connectivity index (χ0v) is 17.5. The standard InChI is InChI=1S/C21H20Cl2N4O3/c22-13-4-5-16-15(11-13)17(12-25-16)26-19(28)20(29)27-21(23)8-6-14(7-9-21)30-18-3-1-2-10-24-18/h1-5,10-12,14,25H,6-9H2,(H,26,28)(H,27,29).